The van der Waals surface area contributed by atoms with Gasteiger partial charge in [-0.2, -0.15) is 13.2 Å². The second kappa shape index (κ2) is 4.47. The largest absolute Gasteiger partial charge is 0.396 e. The molecule has 1 aromatic carbocycles. The smallest absolute Gasteiger partial charge is 0.300 e. The number of Topliss-reactive ketones (excluding diaryl/α,β-unsaturated/α-hetero) is 1. The standard InChI is InChI=1S/C11H11F3O/c1-8(15)7-10(11(12,13)14)9-5-3-2-4-6-9/h2-6,10H,7H2,1H3/t10-/m0/s1. The fourth-order valence-corrected chi connectivity index (χ4v) is 1.40. The minimum absolute atomic E-state index is 0.139. The maximum absolute atomic E-state index is 12.6. The highest BCUT2D eigenvalue weighted by Gasteiger charge is 2.41. The van der Waals surface area contributed by atoms with E-state index in [1.807, 2.05) is 0 Å². The van der Waals surface area contributed by atoms with Gasteiger partial charge < -0.3 is 4.79 Å². The summed E-state index contributed by atoms with van der Waals surface area (Å²) in [5.41, 5.74) is 0.139. The Bertz CT molecular complexity index is 329. The topological polar surface area (TPSA) is 17.1 Å². The van der Waals surface area contributed by atoms with Gasteiger partial charge in [0.1, 0.15) is 5.78 Å². The lowest BCUT2D eigenvalue weighted by atomic mass is 9.93. The van der Waals surface area contributed by atoms with Crippen LogP contribution in [0.1, 0.15) is 24.8 Å². The van der Waals surface area contributed by atoms with Crippen LogP contribution in [0.2, 0.25) is 0 Å². The molecule has 1 rings (SSSR count). The van der Waals surface area contributed by atoms with Gasteiger partial charge in [-0.25, -0.2) is 0 Å². The van der Waals surface area contributed by atoms with Crippen LogP contribution in [0, 0.1) is 0 Å². The summed E-state index contributed by atoms with van der Waals surface area (Å²) in [6, 6.07) is 7.50. The summed E-state index contributed by atoms with van der Waals surface area (Å²) in [4.78, 5) is 10.8. The number of ketones is 1. The van der Waals surface area contributed by atoms with Crippen molar-refractivity contribution in [2.24, 2.45) is 0 Å². The molecule has 0 saturated carbocycles. The van der Waals surface area contributed by atoms with Crippen LogP contribution in [-0.4, -0.2) is 12.0 Å². The molecule has 0 aliphatic rings. The molecule has 0 unspecified atom stereocenters. The van der Waals surface area contributed by atoms with Gasteiger partial charge >= 0.3 is 6.18 Å². The molecule has 0 saturated heterocycles. The molecule has 0 fully saturated rings. The zero-order valence-electron chi connectivity index (χ0n) is 8.21. The SMILES string of the molecule is CC(=O)C[C@@H](c1ccccc1)C(F)(F)F. The number of halogens is 3. The molecule has 0 N–H and O–H groups in total. The normalized spacial score (nSPS) is 13.6. The van der Waals surface area contributed by atoms with Gasteiger partial charge in [0.2, 0.25) is 0 Å². The van der Waals surface area contributed by atoms with Crippen molar-refractivity contribution < 1.29 is 18.0 Å². The summed E-state index contributed by atoms with van der Waals surface area (Å²) >= 11 is 0. The van der Waals surface area contributed by atoms with Crippen LogP contribution in [0.5, 0.6) is 0 Å². The Balaban J connectivity index is 2.97. The summed E-state index contributed by atoms with van der Waals surface area (Å²) in [7, 11) is 0. The highest BCUT2D eigenvalue weighted by Crippen LogP contribution is 2.37. The van der Waals surface area contributed by atoms with Gasteiger partial charge in [0.25, 0.3) is 0 Å². The molecule has 1 nitrogen and oxygen atoms in total. The van der Waals surface area contributed by atoms with Crippen molar-refractivity contribution in [2.75, 3.05) is 0 Å². The summed E-state index contributed by atoms with van der Waals surface area (Å²) in [5, 5.41) is 0. The maximum atomic E-state index is 12.6. The van der Waals surface area contributed by atoms with E-state index in [1.54, 1.807) is 6.07 Å². The molecule has 0 spiro atoms. The van der Waals surface area contributed by atoms with E-state index in [1.165, 1.54) is 31.2 Å². The monoisotopic (exact) mass is 216 g/mol. The number of alkyl halides is 3. The van der Waals surface area contributed by atoms with E-state index in [0.29, 0.717) is 0 Å². The summed E-state index contributed by atoms with van der Waals surface area (Å²) in [6.07, 6.45) is -4.86. The second-order valence-electron chi connectivity index (χ2n) is 3.41. The Morgan fingerprint density at radius 1 is 1.27 bits per heavy atom. The fourth-order valence-electron chi connectivity index (χ4n) is 1.40. The first kappa shape index (κ1) is 11.8. The Morgan fingerprint density at radius 2 is 1.80 bits per heavy atom. The third kappa shape index (κ3) is 3.38. The molecule has 0 radical (unpaired) electrons. The third-order valence-corrected chi connectivity index (χ3v) is 2.09. The molecule has 1 aromatic rings. The fraction of sp³-hybridized carbons (Fsp3) is 0.364. The molecular weight excluding hydrogens is 205 g/mol. The first-order valence-corrected chi connectivity index (χ1v) is 4.52. The first-order valence-electron chi connectivity index (χ1n) is 4.52. The second-order valence-corrected chi connectivity index (χ2v) is 3.41. The molecule has 0 bridgehead atoms. The van der Waals surface area contributed by atoms with Crippen molar-refractivity contribution in [3.8, 4) is 0 Å². The van der Waals surface area contributed by atoms with E-state index in [4.69, 9.17) is 0 Å². The Morgan fingerprint density at radius 3 is 2.20 bits per heavy atom. The predicted octanol–water partition coefficient (Wildman–Crippen LogP) is 3.31. The van der Waals surface area contributed by atoms with E-state index in [9.17, 15) is 18.0 Å². The van der Waals surface area contributed by atoms with Crippen molar-refractivity contribution >= 4 is 5.78 Å². The molecule has 0 aliphatic heterocycles. The van der Waals surface area contributed by atoms with E-state index in [0.717, 1.165) is 0 Å². The minimum Gasteiger partial charge on any atom is -0.300 e. The van der Waals surface area contributed by atoms with E-state index >= 15 is 0 Å². The molecule has 0 amide bonds. The van der Waals surface area contributed by atoms with Gasteiger partial charge in [-0.3, -0.25) is 0 Å². The van der Waals surface area contributed by atoms with E-state index in [2.05, 4.69) is 0 Å². The molecule has 0 aromatic heterocycles. The molecule has 0 aliphatic carbocycles. The van der Waals surface area contributed by atoms with Crippen LogP contribution in [0.25, 0.3) is 0 Å². The van der Waals surface area contributed by atoms with Crippen molar-refractivity contribution in [1.29, 1.82) is 0 Å². The lowest BCUT2D eigenvalue weighted by Crippen LogP contribution is -2.22. The summed E-state index contributed by atoms with van der Waals surface area (Å²) in [6.45, 7) is 1.17. The number of hydrogen-bond donors (Lipinski definition) is 0. The lowest BCUT2D eigenvalue weighted by Gasteiger charge is -2.19. The van der Waals surface area contributed by atoms with E-state index in [-0.39, 0.29) is 5.56 Å². The number of rotatable bonds is 3. The van der Waals surface area contributed by atoms with Gasteiger partial charge in [-0.05, 0) is 12.5 Å². The highest BCUT2D eigenvalue weighted by molar-refractivity contribution is 5.76. The Labute approximate surface area is 85.9 Å². The van der Waals surface area contributed by atoms with Crippen molar-refractivity contribution in [1.82, 2.24) is 0 Å². The van der Waals surface area contributed by atoms with Crippen LogP contribution < -0.4 is 0 Å². The lowest BCUT2D eigenvalue weighted by molar-refractivity contribution is -0.156. The number of carbonyl (C=O) groups is 1. The van der Waals surface area contributed by atoms with Gasteiger partial charge in [0.05, 0.1) is 5.92 Å². The quantitative estimate of drug-likeness (QED) is 0.757. The van der Waals surface area contributed by atoms with Gasteiger partial charge in [-0.1, -0.05) is 30.3 Å². The molecule has 82 valence electrons. The number of hydrogen-bond acceptors (Lipinski definition) is 1. The van der Waals surface area contributed by atoms with E-state index < -0.39 is 24.3 Å². The van der Waals surface area contributed by atoms with Crippen LogP contribution in [-0.2, 0) is 4.79 Å². The number of benzene rings is 1. The summed E-state index contributed by atoms with van der Waals surface area (Å²) in [5.74, 6) is -2.14. The minimum atomic E-state index is -4.37. The Kier molecular flexibility index (Phi) is 3.50. The first-order chi connectivity index (χ1) is 6.91. The molecule has 1 atom stereocenters. The summed E-state index contributed by atoms with van der Waals surface area (Å²) < 4.78 is 37.8. The number of carbonyl (C=O) groups excluding carboxylic acids is 1. The van der Waals surface area contributed by atoms with Crippen LogP contribution in [0.4, 0.5) is 13.2 Å². The zero-order chi connectivity index (χ0) is 11.5. The van der Waals surface area contributed by atoms with Gasteiger partial charge in [-0.15, -0.1) is 0 Å². The average Bonchev–Trinajstić information content (AvgIpc) is 2.14. The van der Waals surface area contributed by atoms with Crippen molar-refractivity contribution in [2.45, 2.75) is 25.4 Å². The molecule has 4 heteroatoms. The van der Waals surface area contributed by atoms with Crippen LogP contribution in [0.3, 0.4) is 0 Å². The van der Waals surface area contributed by atoms with Crippen molar-refractivity contribution in [3.05, 3.63) is 35.9 Å². The Hall–Kier alpha value is -1.32. The van der Waals surface area contributed by atoms with Gasteiger partial charge in [0, 0.05) is 6.42 Å². The highest BCUT2D eigenvalue weighted by atomic mass is 19.4. The molecule has 0 heterocycles. The third-order valence-electron chi connectivity index (χ3n) is 2.09. The molecule has 15 heavy (non-hydrogen) atoms. The molecular formula is C11H11F3O. The zero-order valence-corrected chi connectivity index (χ0v) is 8.21. The average molecular weight is 216 g/mol. The maximum Gasteiger partial charge on any atom is 0.396 e. The van der Waals surface area contributed by atoms with Crippen LogP contribution >= 0.6 is 0 Å². The predicted molar refractivity (Wildman–Crippen MR) is 50.5 cm³/mol. The van der Waals surface area contributed by atoms with Crippen molar-refractivity contribution in [3.63, 3.8) is 0 Å². The van der Waals surface area contributed by atoms with Gasteiger partial charge in [0.15, 0.2) is 0 Å². The van der Waals surface area contributed by atoms with Crippen LogP contribution in [0.15, 0.2) is 30.3 Å².